The third-order valence-corrected chi connectivity index (χ3v) is 3.10. The normalized spacial score (nSPS) is 11.1. The minimum atomic E-state index is 0. The molecular weight excluding hydrogens is 365 g/mol. The number of rotatable bonds is 7. The van der Waals surface area contributed by atoms with Crippen LogP contribution in [0.15, 0.2) is 17.4 Å². The fourth-order valence-electron chi connectivity index (χ4n) is 1.98. The van der Waals surface area contributed by atoms with Crippen molar-refractivity contribution in [3.8, 4) is 0 Å². The Labute approximate surface area is 139 Å². The van der Waals surface area contributed by atoms with Crippen molar-refractivity contribution in [3.05, 3.63) is 18.0 Å². The average Bonchev–Trinajstić information content (AvgIpc) is 2.82. The van der Waals surface area contributed by atoms with E-state index >= 15 is 0 Å². The molecule has 20 heavy (non-hydrogen) atoms. The molecule has 0 bridgehead atoms. The van der Waals surface area contributed by atoms with Crippen LogP contribution in [-0.4, -0.2) is 47.8 Å². The highest BCUT2D eigenvalue weighted by atomic mass is 127. The molecule has 0 atom stereocenters. The second-order valence-corrected chi connectivity index (χ2v) is 4.87. The molecule has 0 amide bonds. The summed E-state index contributed by atoms with van der Waals surface area (Å²) in [5.41, 5.74) is 1.29. The summed E-state index contributed by atoms with van der Waals surface area (Å²) in [6, 6.07) is 0. The molecule has 0 aromatic carbocycles. The average molecular weight is 393 g/mol. The summed E-state index contributed by atoms with van der Waals surface area (Å²) in [4.78, 5) is 6.49. The van der Waals surface area contributed by atoms with E-state index in [-0.39, 0.29) is 24.0 Å². The Morgan fingerprint density at radius 3 is 2.75 bits per heavy atom. The lowest BCUT2D eigenvalue weighted by atomic mass is 10.2. The fraction of sp³-hybridized carbons (Fsp3) is 0.714. The summed E-state index contributed by atoms with van der Waals surface area (Å²) >= 11 is 0. The molecule has 0 aliphatic carbocycles. The standard InChI is InChI=1S/C14H27N5.HI/c1-5-6-10-18(3)14(15-2)16-9-7-8-13-11-17-19(4)12-13;/h11-12H,5-10H2,1-4H3,(H,15,16);1H. The smallest absolute Gasteiger partial charge is 0.193 e. The SMILES string of the molecule is CCCCN(C)C(=NC)NCCCc1cnn(C)c1.I. The molecule has 1 aromatic heterocycles. The number of aromatic nitrogens is 2. The number of hydrogen-bond acceptors (Lipinski definition) is 2. The molecule has 1 heterocycles. The molecule has 0 spiro atoms. The Bertz CT molecular complexity index is 389. The first-order valence-electron chi connectivity index (χ1n) is 7.06. The third-order valence-electron chi connectivity index (χ3n) is 3.10. The van der Waals surface area contributed by atoms with Gasteiger partial charge in [-0.15, -0.1) is 24.0 Å². The van der Waals surface area contributed by atoms with Gasteiger partial charge in [0.25, 0.3) is 0 Å². The maximum absolute atomic E-state index is 4.30. The van der Waals surface area contributed by atoms with Crippen LogP contribution in [0.4, 0.5) is 0 Å². The molecule has 116 valence electrons. The Hall–Kier alpha value is -0.790. The van der Waals surface area contributed by atoms with Gasteiger partial charge in [-0.1, -0.05) is 13.3 Å². The minimum absolute atomic E-state index is 0. The van der Waals surface area contributed by atoms with Crippen LogP contribution in [0, 0.1) is 0 Å². The summed E-state index contributed by atoms with van der Waals surface area (Å²) in [7, 11) is 5.88. The zero-order valence-electron chi connectivity index (χ0n) is 13.1. The molecule has 0 saturated heterocycles. The first-order valence-corrected chi connectivity index (χ1v) is 7.06. The van der Waals surface area contributed by atoms with Crippen molar-refractivity contribution in [1.29, 1.82) is 0 Å². The van der Waals surface area contributed by atoms with Crippen molar-refractivity contribution < 1.29 is 0 Å². The van der Waals surface area contributed by atoms with Gasteiger partial charge in [-0.25, -0.2) is 0 Å². The Morgan fingerprint density at radius 2 is 2.20 bits per heavy atom. The van der Waals surface area contributed by atoms with Crippen LogP contribution in [0.25, 0.3) is 0 Å². The van der Waals surface area contributed by atoms with Crippen molar-refractivity contribution in [2.45, 2.75) is 32.6 Å². The number of hydrogen-bond donors (Lipinski definition) is 1. The van der Waals surface area contributed by atoms with E-state index in [1.807, 2.05) is 25.0 Å². The second-order valence-electron chi connectivity index (χ2n) is 4.87. The monoisotopic (exact) mass is 393 g/mol. The topological polar surface area (TPSA) is 45.4 Å². The number of guanidine groups is 1. The molecule has 0 saturated carbocycles. The van der Waals surface area contributed by atoms with Crippen LogP contribution in [-0.2, 0) is 13.5 Å². The second kappa shape index (κ2) is 10.9. The lowest BCUT2D eigenvalue weighted by Crippen LogP contribution is -2.39. The highest BCUT2D eigenvalue weighted by Gasteiger charge is 2.04. The highest BCUT2D eigenvalue weighted by molar-refractivity contribution is 14.0. The first-order chi connectivity index (χ1) is 9.17. The molecule has 0 aliphatic heterocycles. The minimum Gasteiger partial charge on any atom is -0.356 e. The van der Waals surface area contributed by atoms with Crippen LogP contribution in [0.1, 0.15) is 31.7 Å². The van der Waals surface area contributed by atoms with Gasteiger partial charge in [0.15, 0.2) is 5.96 Å². The van der Waals surface area contributed by atoms with E-state index in [2.05, 4.69) is 40.5 Å². The lowest BCUT2D eigenvalue weighted by molar-refractivity contribution is 0.464. The largest absolute Gasteiger partial charge is 0.356 e. The molecule has 0 unspecified atom stereocenters. The van der Waals surface area contributed by atoms with Crippen LogP contribution >= 0.6 is 24.0 Å². The van der Waals surface area contributed by atoms with Gasteiger partial charge in [-0.05, 0) is 24.8 Å². The Balaban J connectivity index is 0.00000361. The van der Waals surface area contributed by atoms with E-state index in [0.717, 1.165) is 31.9 Å². The van der Waals surface area contributed by atoms with Crippen LogP contribution in [0.2, 0.25) is 0 Å². The predicted molar refractivity (Wildman–Crippen MR) is 95.8 cm³/mol. The summed E-state index contributed by atoms with van der Waals surface area (Å²) in [6.07, 6.45) is 8.56. The summed E-state index contributed by atoms with van der Waals surface area (Å²) in [5.74, 6) is 0.986. The predicted octanol–water partition coefficient (Wildman–Crippen LogP) is 2.28. The fourth-order valence-corrected chi connectivity index (χ4v) is 1.98. The van der Waals surface area contributed by atoms with Crippen molar-refractivity contribution in [1.82, 2.24) is 20.0 Å². The van der Waals surface area contributed by atoms with E-state index in [0.29, 0.717) is 0 Å². The van der Waals surface area contributed by atoms with E-state index in [1.54, 1.807) is 0 Å². The van der Waals surface area contributed by atoms with Gasteiger partial charge in [-0.2, -0.15) is 5.10 Å². The van der Waals surface area contributed by atoms with Crippen molar-refractivity contribution in [3.63, 3.8) is 0 Å². The van der Waals surface area contributed by atoms with Crippen molar-refractivity contribution in [2.75, 3.05) is 27.2 Å². The van der Waals surface area contributed by atoms with E-state index < -0.39 is 0 Å². The number of aryl methyl sites for hydroxylation is 2. The molecular formula is C14H28IN5. The van der Waals surface area contributed by atoms with Crippen LogP contribution in [0.5, 0.6) is 0 Å². The first kappa shape index (κ1) is 19.2. The third kappa shape index (κ3) is 7.12. The maximum Gasteiger partial charge on any atom is 0.193 e. The zero-order chi connectivity index (χ0) is 14.1. The molecule has 1 N–H and O–H groups in total. The van der Waals surface area contributed by atoms with Gasteiger partial charge in [-0.3, -0.25) is 9.67 Å². The van der Waals surface area contributed by atoms with Gasteiger partial charge in [0.2, 0.25) is 0 Å². The quantitative estimate of drug-likeness (QED) is 0.335. The molecule has 1 aromatic rings. The molecule has 0 aliphatic rings. The summed E-state index contributed by atoms with van der Waals surface area (Å²) in [5, 5.41) is 7.58. The molecule has 5 nitrogen and oxygen atoms in total. The van der Waals surface area contributed by atoms with Gasteiger partial charge in [0, 0.05) is 40.4 Å². The number of nitrogens with zero attached hydrogens (tertiary/aromatic N) is 4. The molecule has 1 rings (SSSR count). The van der Waals surface area contributed by atoms with Gasteiger partial charge >= 0.3 is 0 Å². The number of unbranched alkanes of at least 4 members (excludes halogenated alkanes) is 1. The van der Waals surface area contributed by atoms with Crippen molar-refractivity contribution >= 4 is 29.9 Å². The van der Waals surface area contributed by atoms with Crippen LogP contribution < -0.4 is 5.32 Å². The Morgan fingerprint density at radius 1 is 1.45 bits per heavy atom. The van der Waals surface area contributed by atoms with Gasteiger partial charge in [0.05, 0.1) is 6.20 Å². The van der Waals surface area contributed by atoms with Gasteiger partial charge < -0.3 is 10.2 Å². The number of aliphatic imine (C=N–C) groups is 1. The molecule has 0 radical (unpaired) electrons. The van der Waals surface area contributed by atoms with E-state index in [9.17, 15) is 0 Å². The Kier molecular flexibility index (Phi) is 10.5. The maximum atomic E-state index is 4.30. The molecule has 0 fully saturated rings. The van der Waals surface area contributed by atoms with E-state index in [1.165, 1.54) is 18.4 Å². The van der Waals surface area contributed by atoms with Crippen LogP contribution in [0.3, 0.4) is 0 Å². The van der Waals surface area contributed by atoms with Crippen molar-refractivity contribution in [2.24, 2.45) is 12.0 Å². The summed E-state index contributed by atoms with van der Waals surface area (Å²) in [6.45, 7) is 4.20. The van der Waals surface area contributed by atoms with Gasteiger partial charge in [0.1, 0.15) is 0 Å². The summed E-state index contributed by atoms with van der Waals surface area (Å²) < 4.78 is 1.85. The molecule has 6 heteroatoms. The number of nitrogens with one attached hydrogen (secondary N) is 1. The highest BCUT2D eigenvalue weighted by Crippen LogP contribution is 2.00. The number of halogens is 1. The lowest BCUT2D eigenvalue weighted by Gasteiger charge is -2.21. The zero-order valence-corrected chi connectivity index (χ0v) is 15.4. The van der Waals surface area contributed by atoms with E-state index in [4.69, 9.17) is 0 Å².